The zero-order valence-electron chi connectivity index (χ0n) is 17.6. The predicted octanol–water partition coefficient (Wildman–Crippen LogP) is 7.03. The zero-order chi connectivity index (χ0) is 21.8. The summed E-state index contributed by atoms with van der Waals surface area (Å²) < 4.78 is 18.3. The van der Waals surface area contributed by atoms with Crippen LogP contribution in [0.2, 0.25) is 10.0 Å². The van der Waals surface area contributed by atoms with Gasteiger partial charge in [-0.05, 0) is 77.6 Å². The highest BCUT2D eigenvalue weighted by atomic mass is 79.9. The summed E-state index contributed by atoms with van der Waals surface area (Å²) in [5.74, 6) is 1.39. The second-order valence-corrected chi connectivity index (χ2v) is 8.54. The molecule has 2 aromatic rings. The van der Waals surface area contributed by atoms with E-state index in [9.17, 15) is 0 Å². The van der Waals surface area contributed by atoms with E-state index in [-0.39, 0.29) is 0 Å². The van der Waals surface area contributed by atoms with Gasteiger partial charge in [0.15, 0.2) is 11.5 Å². The van der Waals surface area contributed by atoms with E-state index in [4.69, 9.17) is 37.4 Å². The zero-order valence-corrected chi connectivity index (χ0v) is 20.7. The van der Waals surface area contributed by atoms with Gasteiger partial charge in [0, 0.05) is 19.8 Å². The molecule has 0 radical (unpaired) electrons. The van der Waals surface area contributed by atoms with E-state index in [1.165, 1.54) is 6.42 Å². The summed E-state index contributed by atoms with van der Waals surface area (Å²) in [5.41, 5.74) is 2.06. The Morgan fingerprint density at radius 2 is 1.73 bits per heavy atom. The van der Waals surface area contributed by atoms with Gasteiger partial charge in [-0.25, -0.2) is 0 Å². The van der Waals surface area contributed by atoms with Crippen LogP contribution in [-0.4, -0.2) is 26.4 Å². The second kappa shape index (κ2) is 14.2. The first kappa shape index (κ1) is 25.3. The summed E-state index contributed by atoms with van der Waals surface area (Å²) in [6, 6.07) is 9.54. The molecule has 0 spiro atoms. The summed E-state index contributed by atoms with van der Waals surface area (Å²) in [5, 5.41) is 4.50. The number of benzene rings is 2. The Hall–Kier alpha value is -0.980. The van der Waals surface area contributed by atoms with E-state index >= 15 is 0 Å². The van der Waals surface area contributed by atoms with Gasteiger partial charge in [0.05, 0.1) is 21.1 Å². The average molecular weight is 519 g/mol. The third kappa shape index (κ3) is 8.64. The largest absolute Gasteiger partial charge is 0.490 e. The smallest absolute Gasteiger partial charge is 0.175 e. The molecule has 0 aliphatic rings. The number of hydrogen-bond acceptors (Lipinski definition) is 4. The molecular weight excluding hydrogens is 489 g/mol. The standard InChI is InChI=1S/C23H30BrCl2NO3/c1-3-5-10-28-11-6-9-27-15-18-12-19(24)23(22(14-18)29-4-2)30-16-17-7-8-20(25)21(26)13-17/h7-8,12-14,27H,3-6,9-11,15-16H2,1-2H3. The van der Waals surface area contributed by atoms with Crippen LogP contribution in [0, 0.1) is 0 Å². The minimum atomic E-state index is 0.366. The van der Waals surface area contributed by atoms with Gasteiger partial charge in [-0.1, -0.05) is 42.6 Å². The second-order valence-electron chi connectivity index (χ2n) is 6.87. The summed E-state index contributed by atoms with van der Waals surface area (Å²) in [7, 11) is 0. The van der Waals surface area contributed by atoms with Crippen LogP contribution < -0.4 is 14.8 Å². The first-order chi connectivity index (χ1) is 14.5. The van der Waals surface area contributed by atoms with Gasteiger partial charge in [-0.3, -0.25) is 0 Å². The molecule has 0 heterocycles. The summed E-state index contributed by atoms with van der Waals surface area (Å²) >= 11 is 15.7. The summed E-state index contributed by atoms with van der Waals surface area (Å²) in [6.07, 6.45) is 3.29. The first-order valence-corrected chi connectivity index (χ1v) is 11.9. The maximum absolute atomic E-state index is 6.09. The average Bonchev–Trinajstić information content (AvgIpc) is 2.72. The van der Waals surface area contributed by atoms with Crippen molar-refractivity contribution < 1.29 is 14.2 Å². The minimum absolute atomic E-state index is 0.366. The molecule has 166 valence electrons. The van der Waals surface area contributed by atoms with Crippen LogP contribution in [0.3, 0.4) is 0 Å². The monoisotopic (exact) mass is 517 g/mol. The van der Waals surface area contributed by atoms with Crippen LogP contribution in [0.1, 0.15) is 44.2 Å². The molecule has 0 aliphatic heterocycles. The normalized spacial score (nSPS) is 11.0. The Morgan fingerprint density at radius 3 is 2.47 bits per heavy atom. The van der Waals surface area contributed by atoms with Crippen LogP contribution in [0.15, 0.2) is 34.8 Å². The van der Waals surface area contributed by atoms with Crippen molar-refractivity contribution in [1.82, 2.24) is 5.32 Å². The Labute approximate surface area is 198 Å². The lowest BCUT2D eigenvalue weighted by atomic mass is 10.2. The Bertz CT molecular complexity index is 789. The Balaban J connectivity index is 1.91. The third-order valence-electron chi connectivity index (χ3n) is 4.35. The number of halogens is 3. The lowest BCUT2D eigenvalue weighted by Gasteiger charge is -2.16. The van der Waals surface area contributed by atoms with E-state index in [2.05, 4.69) is 34.2 Å². The molecule has 0 bridgehead atoms. The molecule has 0 fully saturated rings. The molecule has 0 saturated carbocycles. The van der Waals surface area contributed by atoms with Crippen molar-refractivity contribution in [1.29, 1.82) is 0 Å². The van der Waals surface area contributed by atoms with E-state index in [0.717, 1.165) is 54.7 Å². The van der Waals surface area contributed by atoms with E-state index in [1.807, 2.05) is 25.1 Å². The van der Waals surface area contributed by atoms with Crippen LogP contribution >= 0.6 is 39.1 Å². The molecule has 0 unspecified atom stereocenters. The Kier molecular flexibility index (Phi) is 11.9. The van der Waals surface area contributed by atoms with Gasteiger partial charge in [0.1, 0.15) is 6.61 Å². The fourth-order valence-corrected chi connectivity index (χ4v) is 3.72. The molecule has 2 rings (SSSR count). The van der Waals surface area contributed by atoms with E-state index < -0.39 is 0 Å². The van der Waals surface area contributed by atoms with Crippen LogP contribution in [-0.2, 0) is 17.9 Å². The lowest BCUT2D eigenvalue weighted by Crippen LogP contribution is -2.16. The van der Waals surface area contributed by atoms with E-state index in [0.29, 0.717) is 34.8 Å². The fraction of sp³-hybridized carbons (Fsp3) is 0.478. The highest BCUT2D eigenvalue weighted by molar-refractivity contribution is 9.10. The lowest BCUT2D eigenvalue weighted by molar-refractivity contribution is 0.129. The van der Waals surface area contributed by atoms with Crippen LogP contribution in [0.4, 0.5) is 0 Å². The molecular formula is C23H30BrCl2NO3. The molecule has 0 amide bonds. The van der Waals surface area contributed by atoms with Crippen molar-refractivity contribution in [2.45, 2.75) is 46.3 Å². The van der Waals surface area contributed by atoms with Gasteiger partial charge in [-0.2, -0.15) is 0 Å². The maximum Gasteiger partial charge on any atom is 0.175 e. The molecule has 0 aromatic heterocycles. The van der Waals surface area contributed by atoms with Crippen LogP contribution in [0.25, 0.3) is 0 Å². The number of unbranched alkanes of at least 4 members (excludes halogenated alkanes) is 1. The van der Waals surface area contributed by atoms with Gasteiger partial charge in [0.25, 0.3) is 0 Å². The number of ether oxygens (including phenoxy) is 3. The maximum atomic E-state index is 6.09. The highest BCUT2D eigenvalue weighted by Gasteiger charge is 2.13. The molecule has 1 N–H and O–H groups in total. The Morgan fingerprint density at radius 1 is 0.933 bits per heavy atom. The van der Waals surface area contributed by atoms with Crippen molar-refractivity contribution >= 4 is 39.1 Å². The predicted molar refractivity (Wildman–Crippen MR) is 128 cm³/mol. The van der Waals surface area contributed by atoms with Crippen molar-refractivity contribution in [2.24, 2.45) is 0 Å². The third-order valence-corrected chi connectivity index (χ3v) is 5.68. The van der Waals surface area contributed by atoms with Crippen molar-refractivity contribution in [3.63, 3.8) is 0 Å². The topological polar surface area (TPSA) is 39.7 Å². The van der Waals surface area contributed by atoms with Gasteiger partial charge < -0.3 is 19.5 Å². The molecule has 0 aliphatic carbocycles. The first-order valence-electron chi connectivity index (χ1n) is 10.4. The van der Waals surface area contributed by atoms with E-state index in [1.54, 1.807) is 6.07 Å². The van der Waals surface area contributed by atoms with Crippen LogP contribution in [0.5, 0.6) is 11.5 Å². The number of nitrogens with one attached hydrogen (secondary N) is 1. The fourth-order valence-electron chi connectivity index (χ4n) is 2.79. The molecule has 0 atom stereocenters. The number of hydrogen-bond donors (Lipinski definition) is 1. The van der Waals surface area contributed by atoms with Crippen molar-refractivity contribution in [2.75, 3.05) is 26.4 Å². The summed E-state index contributed by atoms with van der Waals surface area (Å²) in [4.78, 5) is 0. The summed E-state index contributed by atoms with van der Waals surface area (Å²) in [6.45, 7) is 8.35. The molecule has 4 nitrogen and oxygen atoms in total. The SMILES string of the molecule is CCCCOCCCNCc1cc(Br)c(OCc2ccc(Cl)c(Cl)c2)c(OCC)c1. The van der Waals surface area contributed by atoms with Crippen molar-refractivity contribution in [3.8, 4) is 11.5 Å². The van der Waals surface area contributed by atoms with Crippen molar-refractivity contribution in [3.05, 3.63) is 56.0 Å². The molecule has 30 heavy (non-hydrogen) atoms. The van der Waals surface area contributed by atoms with Gasteiger partial charge in [-0.15, -0.1) is 0 Å². The number of rotatable bonds is 14. The molecule has 0 saturated heterocycles. The molecule has 7 heteroatoms. The quantitative estimate of drug-likeness (QED) is 0.272. The van der Waals surface area contributed by atoms with Gasteiger partial charge in [0.2, 0.25) is 0 Å². The minimum Gasteiger partial charge on any atom is -0.490 e. The van der Waals surface area contributed by atoms with Gasteiger partial charge >= 0.3 is 0 Å². The molecule has 2 aromatic carbocycles. The highest BCUT2D eigenvalue weighted by Crippen LogP contribution is 2.37.